The molecule has 38 heavy (non-hydrogen) atoms. The number of carbonyl (C=O) groups is 2. The minimum Gasteiger partial charge on any atom is -0.354 e. The monoisotopic (exact) mass is 555 g/mol. The molecule has 0 unspecified atom stereocenters. The summed E-state index contributed by atoms with van der Waals surface area (Å²) < 4.78 is 28.6. The number of sulfonamides is 1. The van der Waals surface area contributed by atoms with Crippen molar-refractivity contribution in [3.8, 4) is 0 Å². The Bertz CT molecular complexity index is 1360. The molecule has 0 saturated heterocycles. The average molecular weight is 556 g/mol. The molecule has 3 aromatic carbocycles. The standard InChI is InChI=1S/C29H34ClN3O4S/c1-5-17-31-29(35)23(4)32(19-24-8-6-7-22(3)18-24)28(34)20-33(26-13-11-25(30)12-14-26)38(36,37)27-15-9-21(2)10-16-27/h6-16,18,23H,5,17,19-20H2,1-4H3,(H,31,35)/t23-/m0/s1. The molecule has 7 nitrogen and oxygen atoms in total. The highest BCUT2D eigenvalue weighted by Crippen LogP contribution is 2.26. The molecule has 9 heteroatoms. The fourth-order valence-corrected chi connectivity index (χ4v) is 5.50. The van der Waals surface area contributed by atoms with Crippen LogP contribution in [0.4, 0.5) is 5.69 Å². The lowest BCUT2D eigenvalue weighted by Crippen LogP contribution is -2.51. The van der Waals surface area contributed by atoms with Crippen molar-refractivity contribution >= 4 is 39.1 Å². The maximum Gasteiger partial charge on any atom is 0.264 e. The molecule has 3 aromatic rings. The first-order valence-corrected chi connectivity index (χ1v) is 14.3. The number of nitrogens with one attached hydrogen (secondary N) is 1. The van der Waals surface area contributed by atoms with Gasteiger partial charge in [0.2, 0.25) is 11.8 Å². The first-order chi connectivity index (χ1) is 18.0. The quantitative estimate of drug-likeness (QED) is 0.357. The second kappa shape index (κ2) is 12.9. The SMILES string of the molecule is CCCNC(=O)[C@H](C)N(Cc1cccc(C)c1)C(=O)CN(c1ccc(Cl)cc1)S(=O)(=O)c1ccc(C)cc1. The molecule has 0 aliphatic heterocycles. The van der Waals surface area contributed by atoms with Crippen LogP contribution in [0.5, 0.6) is 0 Å². The van der Waals surface area contributed by atoms with E-state index in [-0.39, 0.29) is 17.3 Å². The van der Waals surface area contributed by atoms with Crippen molar-refractivity contribution in [3.05, 3.63) is 94.5 Å². The summed E-state index contributed by atoms with van der Waals surface area (Å²) in [6.45, 7) is 7.55. The Hall–Kier alpha value is -3.36. The molecule has 0 aliphatic carbocycles. The van der Waals surface area contributed by atoms with Gasteiger partial charge in [0.1, 0.15) is 12.6 Å². The van der Waals surface area contributed by atoms with Crippen molar-refractivity contribution in [3.63, 3.8) is 0 Å². The highest BCUT2D eigenvalue weighted by Gasteiger charge is 2.32. The van der Waals surface area contributed by atoms with E-state index in [1.165, 1.54) is 17.0 Å². The Labute approximate surface area is 230 Å². The van der Waals surface area contributed by atoms with Gasteiger partial charge in [0, 0.05) is 18.1 Å². The van der Waals surface area contributed by atoms with Gasteiger partial charge in [-0.05, 0) is 69.2 Å². The normalized spacial score (nSPS) is 12.0. The minimum absolute atomic E-state index is 0.0600. The smallest absolute Gasteiger partial charge is 0.264 e. The zero-order valence-corrected chi connectivity index (χ0v) is 23.7. The molecule has 0 bridgehead atoms. The topological polar surface area (TPSA) is 86.8 Å². The lowest BCUT2D eigenvalue weighted by molar-refractivity contribution is -0.139. The van der Waals surface area contributed by atoms with E-state index in [2.05, 4.69) is 5.32 Å². The number of carbonyl (C=O) groups excluding carboxylic acids is 2. The minimum atomic E-state index is -4.11. The Morgan fingerprint density at radius 2 is 1.61 bits per heavy atom. The van der Waals surface area contributed by atoms with E-state index in [1.54, 1.807) is 43.3 Å². The summed E-state index contributed by atoms with van der Waals surface area (Å²) in [6, 6.07) is 19.6. The third-order valence-corrected chi connectivity index (χ3v) is 8.19. The largest absolute Gasteiger partial charge is 0.354 e. The predicted octanol–water partition coefficient (Wildman–Crippen LogP) is 5.10. The Balaban J connectivity index is 2.01. The van der Waals surface area contributed by atoms with Crippen molar-refractivity contribution in [1.82, 2.24) is 10.2 Å². The van der Waals surface area contributed by atoms with Crippen LogP contribution in [-0.2, 0) is 26.2 Å². The van der Waals surface area contributed by atoms with Gasteiger partial charge in [0.05, 0.1) is 10.6 Å². The molecule has 2 amide bonds. The Kier molecular flexibility index (Phi) is 9.94. The summed E-state index contributed by atoms with van der Waals surface area (Å²) >= 11 is 6.05. The van der Waals surface area contributed by atoms with Gasteiger partial charge < -0.3 is 10.2 Å². The van der Waals surface area contributed by atoms with Gasteiger partial charge in [-0.25, -0.2) is 8.42 Å². The summed E-state index contributed by atoms with van der Waals surface area (Å²) in [5.74, 6) is -0.802. The van der Waals surface area contributed by atoms with Crippen LogP contribution in [0.1, 0.15) is 37.0 Å². The number of rotatable bonds is 11. The number of benzene rings is 3. The molecule has 1 atom stereocenters. The molecule has 1 N–H and O–H groups in total. The van der Waals surface area contributed by atoms with Gasteiger partial charge in [-0.15, -0.1) is 0 Å². The zero-order valence-electron chi connectivity index (χ0n) is 22.1. The molecule has 0 spiro atoms. The summed E-state index contributed by atoms with van der Waals surface area (Å²) in [7, 11) is -4.11. The van der Waals surface area contributed by atoms with E-state index in [0.717, 1.165) is 27.4 Å². The van der Waals surface area contributed by atoms with Crippen LogP contribution in [0.15, 0.2) is 77.7 Å². The average Bonchev–Trinajstić information content (AvgIpc) is 2.89. The van der Waals surface area contributed by atoms with E-state index < -0.39 is 28.5 Å². The van der Waals surface area contributed by atoms with E-state index in [1.807, 2.05) is 45.0 Å². The Morgan fingerprint density at radius 3 is 2.21 bits per heavy atom. The molecule has 0 heterocycles. The first-order valence-electron chi connectivity index (χ1n) is 12.5. The molecule has 0 radical (unpaired) electrons. The second-order valence-corrected chi connectivity index (χ2v) is 11.6. The second-order valence-electron chi connectivity index (χ2n) is 9.28. The van der Waals surface area contributed by atoms with Crippen molar-refractivity contribution in [2.75, 3.05) is 17.4 Å². The van der Waals surface area contributed by atoms with Gasteiger partial charge in [-0.2, -0.15) is 0 Å². The molecule has 3 rings (SSSR count). The summed E-state index contributed by atoms with van der Waals surface area (Å²) in [6.07, 6.45) is 0.753. The highest BCUT2D eigenvalue weighted by molar-refractivity contribution is 7.92. The van der Waals surface area contributed by atoms with Crippen LogP contribution in [0.3, 0.4) is 0 Å². The van der Waals surface area contributed by atoms with Crippen LogP contribution in [0.2, 0.25) is 5.02 Å². The molecule has 0 fully saturated rings. The van der Waals surface area contributed by atoms with E-state index in [4.69, 9.17) is 11.6 Å². The van der Waals surface area contributed by atoms with Crippen LogP contribution < -0.4 is 9.62 Å². The van der Waals surface area contributed by atoms with Gasteiger partial charge in [0.25, 0.3) is 10.0 Å². The lowest BCUT2D eigenvalue weighted by atomic mass is 10.1. The van der Waals surface area contributed by atoms with Crippen LogP contribution >= 0.6 is 11.6 Å². The van der Waals surface area contributed by atoms with Gasteiger partial charge in [-0.3, -0.25) is 13.9 Å². The summed E-state index contributed by atoms with van der Waals surface area (Å²) in [4.78, 5) is 28.2. The van der Waals surface area contributed by atoms with Crippen molar-refractivity contribution < 1.29 is 18.0 Å². The van der Waals surface area contributed by atoms with Crippen molar-refractivity contribution in [2.24, 2.45) is 0 Å². The number of aryl methyl sites for hydroxylation is 2. The van der Waals surface area contributed by atoms with Crippen LogP contribution in [0, 0.1) is 13.8 Å². The molecule has 0 aliphatic rings. The third-order valence-electron chi connectivity index (χ3n) is 6.15. The lowest BCUT2D eigenvalue weighted by Gasteiger charge is -2.32. The molecule has 0 aromatic heterocycles. The highest BCUT2D eigenvalue weighted by atomic mass is 35.5. The molecular weight excluding hydrogens is 522 g/mol. The maximum atomic E-state index is 13.8. The number of anilines is 1. The van der Waals surface area contributed by atoms with E-state index >= 15 is 0 Å². The van der Waals surface area contributed by atoms with E-state index in [0.29, 0.717) is 17.3 Å². The number of hydrogen-bond donors (Lipinski definition) is 1. The molecular formula is C29H34ClN3O4S. The number of amides is 2. The first kappa shape index (κ1) is 29.2. The maximum absolute atomic E-state index is 13.8. The number of halogens is 1. The fraction of sp³-hybridized carbons (Fsp3) is 0.310. The summed E-state index contributed by atoms with van der Waals surface area (Å²) in [5.41, 5.74) is 3.06. The molecule has 202 valence electrons. The number of nitrogens with zero attached hydrogens (tertiary/aromatic N) is 2. The van der Waals surface area contributed by atoms with Crippen molar-refractivity contribution in [1.29, 1.82) is 0 Å². The van der Waals surface area contributed by atoms with Crippen LogP contribution in [0.25, 0.3) is 0 Å². The fourth-order valence-electron chi connectivity index (χ4n) is 3.96. The van der Waals surface area contributed by atoms with Gasteiger partial charge >= 0.3 is 0 Å². The van der Waals surface area contributed by atoms with Crippen LogP contribution in [-0.4, -0.2) is 44.3 Å². The molecule has 0 saturated carbocycles. The van der Waals surface area contributed by atoms with Crippen molar-refractivity contribution in [2.45, 2.75) is 51.6 Å². The third kappa shape index (κ3) is 7.36. The summed E-state index contributed by atoms with van der Waals surface area (Å²) in [5, 5.41) is 3.28. The zero-order chi connectivity index (χ0) is 27.9. The Morgan fingerprint density at radius 1 is 0.947 bits per heavy atom. The van der Waals surface area contributed by atoms with Gasteiger partial charge in [0.15, 0.2) is 0 Å². The number of hydrogen-bond acceptors (Lipinski definition) is 4. The van der Waals surface area contributed by atoms with Gasteiger partial charge in [-0.1, -0.05) is 66.0 Å². The predicted molar refractivity (Wildman–Crippen MR) is 152 cm³/mol. The van der Waals surface area contributed by atoms with E-state index in [9.17, 15) is 18.0 Å².